The maximum atomic E-state index is 10.3. The van der Waals surface area contributed by atoms with Crippen LogP contribution in [-0.2, 0) is 6.42 Å². The highest BCUT2D eigenvalue weighted by Crippen LogP contribution is 2.27. The molecule has 0 radical (unpaired) electrons. The van der Waals surface area contributed by atoms with E-state index in [0.717, 1.165) is 22.3 Å². The summed E-state index contributed by atoms with van der Waals surface area (Å²) in [6.07, 6.45) is -0.137. The van der Waals surface area contributed by atoms with Crippen molar-refractivity contribution in [3.8, 4) is 5.75 Å². The molecule has 2 rings (SSSR count). The number of halogens is 1. The summed E-state index contributed by atoms with van der Waals surface area (Å²) < 4.78 is 0. The van der Waals surface area contributed by atoms with Crippen molar-refractivity contribution in [1.29, 1.82) is 0 Å². The Balaban J connectivity index is 0.00000220. The van der Waals surface area contributed by atoms with Crippen LogP contribution in [0.25, 0.3) is 0 Å². The van der Waals surface area contributed by atoms with Crippen molar-refractivity contribution < 1.29 is 10.2 Å². The molecule has 0 aromatic heterocycles. The number of aryl methyl sites for hydroxylation is 2. The van der Waals surface area contributed by atoms with Crippen LogP contribution < -0.4 is 5.73 Å². The van der Waals surface area contributed by atoms with Gasteiger partial charge in [0.2, 0.25) is 0 Å². The largest absolute Gasteiger partial charge is 0.507 e. The number of phenols is 1. The molecule has 0 heterocycles. The minimum absolute atomic E-state index is 0. The van der Waals surface area contributed by atoms with E-state index in [-0.39, 0.29) is 12.4 Å². The van der Waals surface area contributed by atoms with Gasteiger partial charge in [-0.2, -0.15) is 0 Å². The second kappa shape index (κ2) is 7.46. The number of aliphatic hydroxyl groups excluding tert-OH is 1. The number of phenolic OH excluding ortho intramolecular Hbond substituents is 1. The van der Waals surface area contributed by atoms with Crippen molar-refractivity contribution in [1.82, 2.24) is 0 Å². The number of hydrogen-bond acceptors (Lipinski definition) is 3. The van der Waals surface area contributed by atoms with Crippen LogP contribution in [0.3, 0.4) is 0 Å². The molecule has 0 aliphatic carbocycles. The molecule has 0 bridgehead atoms. The third-order valence-electron chi connectivity index (χ3n) is 3.60. The highest BCUT2D eigenvalue weighted by atomic mass is 35.5. The van der Waals surface area contributed by atoms with E-state index < -0.39 is 12.1 Å². The Morgan fingerprint density at radius 1 is 1.05 bits per heavy atom. The van der Waals surface area contributed by atoms with Crippen molar-refractivity contribution in [2.24, 2.45) is 5.73 Å². The van der Waals surface area contributed by atoms with Crippen LogP contribution in [0.15, 0.2) is 42.5 Å². The Labute approximate surface area is 131 Å². The second-order valence-corrected chi connectivity index (χ2v) is 5.29. The van der Waals surface area contributed by atoms with E-state index in [0.29, 0.717) is 12.2 Å². The Kier molecular flexibility index (Phi) is 6.21. The van der Waals surface area contributed by atoms with Crippen LogP contribution in [0, 0.1) is 13.8 Å². The van der Waals surface area contributed by atoms with Crippen molar-refractivity contribution in [3.05, 3.63) is 64.7 Å². The van der Waals surface area contributed by atoms with Gasteiger partial charge in [-0.15, -0.1) is 12.4 Å². The molecular weight excluding hydrogens is 286 g/mol. The Bertz CT molecular complexity index is 564. The number of aliphatic hydroxyl groups is 1. The molecule has 0 fully saturated rings. The van der Waals surface area contributed by atoms with Crippen LogP contribution in [0.2, 0.25) is 0 Å². The predicted molar refractivity (Wildman–Crippen MR) is 87.9 cm³/mol. The third kappa shape index (κ3) is 4.21. The zero-order valence-electron chi connectivity index (χ0n) is 12.3. The highest BCUT2D eigenvalue weighted by Gasteiger charge is 2.18. The predicted octanol–water partition coefficient (Wildman–Crippen LogP) is 3.03. The molecule has 0 saturated carbocycles. The zero-order valence-corrected chi connectivity index (χ0v) is 13.1. The van der Waals surface area contributed by atoms with E-state index in [9.17, 15) is 10.2 Å². The van der Waals surface area contributed by atoms with Gasteiger partial charge in [0.05, 0.1) is 12.1 Å². The monoisotopic (exact) mass is 307 g/mol. The molecule has 0 amide bonds. The summed E-state index contributed by atoms with van der Waals surface area (Å²) >= 11 is 0. The molecule has 2 atom stereocenters. The minimum atomic E-state index is -0.652. The van der Waals surface area contributed by atoms with E-state index in [1.165, 1.54) is 0 Å². The van der Waals surface area contributed by atoms with Gasteiger partial charge < -0.3 is 15.9 Å². The topological polar surface area (TPSA) is 66.5 Å². The average Bonchev–Trinajstić information content (AvgIpc) is 2.44. The molecule has 2 aromatic rings. The molecule has 2 aromatic carbocycles. The molecule has 0 aliphatic heterocycles. The maximum Gasteiger partial charge on any atom is 0.121 e. The standard InChI is InChI=1S/C17H21NO2.ClH/c1-11-8-14(9-12(2)17(11)20)16(18)15(19)10-13-6-4-3-5-7-13;/h3-9,15-16,19-20H,10,18H2,1-2H3;1H/t15-,16+;/m1./s1. The third-order valence-corrected chi connectivity index (χ3v) is 3.60. The van der Waals surface area contributed by atoms with Gasteiger partial charge >= 0.3 is 0 Å². The summed E-state index contributed by atoms with van der Waals surface area (Å²) in [4.78, 5) is 0. The molecule has 0 aliphatic rings. The van der Waals surface area contributed by atoms with E-state index in [1.807, 2.05) is 56.3 Å². The lowest BCUT2D eigenvalue weighted by molar-refractivity contribution is 0.145. The molecule has 4 N–H and O–H groups in total. The van der Waals surface area contributed by atoms with Crippen molar-refractivity contribution in [2.75, 3.05) is 0 Å². The zero-order chi connectivity index (χ0) is 14.7. The van der Waals surface area contributed by atoms with Crippen molar-refractivity contribution >= 4 is 12.4 Å². The molecule has 0 saturated heterocycles. The van der Waals surface area contributed by atoms with E-state index >= 15 is 0 Å². The number of nitrogens with two attached hydrogens (primary N) is 1. The first-order chi connectivity index (χ1) is 9.49. The van der Waals surface area contributed by atoms with Gasteiger partial charge in [-0.3, -0.25) is 0 Å². The lowest BCUT2D eigenvalue weighted by Crippen LogP contribution is -2.28. The van der Waals surface area contributed by atoms with Gasteiger partial charge in [0.1, 0.15) is 5.75 Å². The van der Waals surface area contributed by atoms with E-state index in [4.69, 9.17) is 5.73 Å². The van der Waals surface area contributed by atoms with Crippen LogP contribution in [0.5, 0.6) is 5.75 Å². The summed E-state index contributed by atoms with van der Waals surface area (Å²) in [5.41, 5.74) is 9.61. The summed E-state index contributed by atoms with van der Waals surface area (Å²) in [5.74, 6) is 0.290. The van der Waals surface area contributed by atoms with Crippen LogP contribution in [-0.4, -0.2) is 16.3 Å². The lowest BCUT2D eigenvalue weighted by atomic mass is 9.94. The molecule has 0 unspecified atom stereocenters. The smallest absolute Gasteiger partial charge is 0.121 e. The van der Waals surface area contributed by atoms with Crippen molar-refractivity contribution in [2.45, 2.75) is 32.4 Å². The first-order valence-corrected chi connectivity index (χ1v) is 6.76. The highest BCUT2D eigenvalue weighted by molar-refractivity contribution is 5.85. The summed E-state index contributed by atoms with van der Waals surface area (Å²) in [7, 11) is 0. The minimum Gasteiger partial charge on any atom is -0.507 e. The quantitative estimate of drug-likeness (QED) is 0.813. The molecule has 21 heavy (non-hydrogen) atoms. The van der Waals surface area contributed by atoms with Gasteiger partial charge in [0.15, 0.2) is 0 Å². The molecule has 3 nitrogen and oxygen atoms in total. The van der Waals surface area contributed by atoms with Gasteiger partial charge in [0.25, 0.3) is 0 Å². The number of rotatable bonds is 4. The van der Waals surface area contributed by atoms with Crippen LogP contribution in [0.1, 0.15) is 28.3 Å². The first-order valence-electron chi connectivity index (χ1n) is 6.76. The number of hydrogen-bond donors (Lipinski definition) is 3. The fourth-order valence-electron chi connectivity index (χ4n) is 2.39. The van der Waals surface area contributed by atoms with Crippen LogP contribution >= 0.6 is 12.4 Å². The lowest BCUT2D eigenvalue weighted by Gasteiger charge is -2.21. The second-order valence-electron chi connectivity index (χ2n) is 5.29. The maximum absolute atomic E-state index is 10.3. The average molecular weight is 308 g/mol. The Hall–Kier alpha value is -1.55. The fraction of sp³-hybridized carbons (Fsp3) is 0.294. The van der Waals surface area contributed by atoms with Gasteiger partial charge in [-0.05, 0) is 36.1 Å². The molecule has 0 spiro atoms. The van der Waals surface area contributed by atoms with Crippen LogP contribution in [0.4, 0.5) is 0 Å². The van der Waals surface area contributed by atoms with Gasteiger partial charge in [0, 0.05) is 6.42 Å². The molecular formula is C17H22ClNO2. The van der Waals surface area contributed by atoms with Gasteiger partial charge in [-0.1, -0.05) is 42.5 Å². The van der Waals surface area contributed by atoms with E-state index in [2.05, 4.69) is 0 Å². The SMILES string of the molecule is Cc1cc([C@H](N)[C@H](O)Cc2ccccc2)cc(C)c1O.Cl. The van der Waals surface area contributed by atoms with Crippen molar-refractivity contribution in [3.63, 3.8) is 0 Å². The summed E-state index contributed by atoms with van der Waals surface area (Å²) in [6.45, 7) is 3.67. The number of aromatic hydroxyl groups is 1. The van der Waals surface area contributed by atoms with E-state index in [1.54, 1.807) is 0 Å². The Morgan fingerprint density at radius 2 is 1.57 bits per heavy atom. The summed E-state index contributed by atoms with van der Waals surface area (Å²) in [6, 6.07) is 13.0. The number of benzene rings is 2. The summed E-state index contributed by atoms with van der Waals surface area (Å²) in [5, 5.41) is 20.1. The first kappa shape index (κ1) is 17.5. The normalized spacial score (nSPS) is 13.3. The van der Waals surface area contributed by atoms with Gasteiger partial charge in [-0.25, -0.2) is 0 Å². The Morgan fingerprint density at radius 3 is 2.10 bits per heavy atom. The fourth-order valence-corrected chi connectivity index (χ4v) is 2.39. The molecule has 4 heteroatoms. The molecule has 114 valence electrons.